The fourth-order valence-corrected chi connectivity index (χ4v) is 2.34. The zero-order chi connectivity index (χ0) is 13.9. The van der Waals surface area contributed by atoms with Crippen molar-refractivity contribution in [2.45, 2.75) is 5.88 Å². The molecule has 0 saturated heterocycles. The Kier molecular flexibility index (Phi) is 3.77. The fourth-order valence-electron chi connectivity index (χ4n) is 1.97. The molecule has 100 valence electrons. The van der Waals surface area contributed by atoms with Gasteiger partial charge in [-0.05, 0) is 30.3 Å². The normalized spacial score (nSPS) is 10.7. The summed E-state index contributed by atoms with van der Waals surface area (Å²) >= 11 is 11.9. The molecule has 0 unspecified atom stereocenters. The van der Waals surface area contributed by atoms with Gasteiger partial charge in [0.1, 0.15) is 5.75 Å². The molecule has 0 N–H and O–H groups in total. The lowest BCUT2D eigenvalue weighted by molar-refractivity contribution is 0.460. The smallest absolute Gasteiger partial charge is 0.224 e. The Bertz CT molecular complexity index is 758. The average Bonchev–Trinajstić information content (AvgIpc) is 2.46. The molecular formula is C16H11Cl2NO. The number of hydrogen-bond donors (Lipinski definition) is 0. The van der Waals surface area contributed by atoms with Gasteiger partial charge >= 0.3 is 0 Å². The molecule has 1 aromatic heterocycles. The van der Waals surface area contributed by atoms with Gasteiger partial charge in [-0.2, -0.15) is 0 Å². The first kappa shape index (κ1) is 13.2. The minimum atomic E-state index is 0.341. The van der Waals surface area contributed by atoms with Crippen molar-refractivity contribution in [3.05, 3.63) is 65.2 Å². The maximum absolute atomic E-state index is 5.98. The van der Waals surface area contributed by atoms with Crippen LogP contribution in [-0.4, -0.2) is 4.98 Å². The summed E-state index contributed by atoms with van der Waals surface area (Å²) in [6.45, 7) is 0. The van der Waals surface area contributed by atoms with Crippen molar-refractivity contribution in [3.8, 4) is 11.6 Å². The van der Waals surface area contributed by atoms with Crippen LogP contribution in [0, 0.1) is 0 Å². The lowest BCUT2D eigenvalue weighted by atomic mass is 10.2. The van der Waals surface area contributed by atoms with Crippen molar-refractivity contribution in [3.63, 3.8) is 0 Å². The molecule has 3 rings (SSSR count). The molecule has 0 amide bonds. The van der Waals surface area contributed by atoms with E-state index in [1.165, 1.54) is 0 Å². The topological polar surface area (TPSA) is 22.1 Å². The summed E-state index contributed by atoms with van der Waals surface area (Å²) in [5.74, 6) is 1.50. The SMILES string of the molecule is ClCc1cc2ccccc2nc1Oc1cccc(Cl)c1. The summed E-state index contributed by atoms with van der Waals surface area (Å²) in [5.41, 5.74) is 1.73. The third kappa shape index (κ3) is 2.72. The average molecular weight is 304 g/mol. The molecule has 0 spiro atoms. The standard InChI is InChI=1S/C16H11Cl2NO/c17-10-12-8-11-4-1-2-7-15(11)19-16(12)20-14-6-3-5-13(18)9-14/h1-9H,10H2. The molecule has 0 radical (unpaired) electrons. The second-order valence-corrected chi connectivity index (χ2v) is 5.04. The minimum absolute atomic E-state index is 0.341. The summed E-state index contributed by atoms with van der Waals surface area (Å²) in [5, 5.41) is 1.66. The first-order valence-corrected chi connectivity index (χ1v) is 7.05. The van der Waals surface area contributed by atoms with E-state index in [1.807, 2.05) is 42.5 Å². The molecule has 0 saturated carbocycles. The molecule has 0 aliphatic rings. The monoisotopic (exact) mass is 303 g/mol. The summed E-state index contributed by atoms with van der Waals surface area (Å²) in [6.07, 6.45) is 0. The van der Waals surface area contributed by atoms with Gasteiger partial charge in [0, 0.05) is 16.0 Å². The van der Waals surface area contributed by atoms with E-state index in [4.69, 9.17) is 27.9 Å². The molecule has 20 heavy (non-hydrogen) atoms. The van der Waals surface area contributed by atoms with Gasteiger partial charge in [0.15, 0.2) is 0 Å². The number of aromatic nitrogens is 1. The van der Waals surface area contributed by atoms with E-state index in [9.17, 15) is 0 Å². The Hall–Kier alpha value is -1.77. The van der Waals surface area contributed by atoms with E-state index in [2.05, 4.69) is 4.98 Å². The number of ether oxygens (including phenoxy) is 1. The highest BCUT2D eigenvalue weighted by Crippen LogP contribution is 2.29. The molecule has 2 aromatic carbocycles. The van der Waals surface area contributed by atoms with Crippen molar-refractivity contribution in [1.82, 2.24) is 4.98 Å². The molecule has 0 aliphatic carbocycles. The van der Waals surface area contributed by atoms with Crippen LogP contribution in [0.15, 0.2) is 54.6 Å². The van der Waals surface area contributed by atoms with E-state index >= 15 is 0 Å². The van der Waals surface area contributed by atoms with E-state index in [-0.39, 0.29) is 0 Å². The number of nitrogens with zero attached hydrogens (tertiary/aromatic N) is 1. The summed E-state index contributed by atoms with van der Waals surface area (Å²) in [6, 6.07) is 17.1. The molecule has 3 aromatic rings. The quantitative estimate of drug-likeness (QED) is 0.603. The van der Waals surface area contributed by atoms with Crippen LogP contribution < -0.4 is 4.74 Å². The van der Waals surface area contributed by atoms with Gasteiger partial charge in [0.2, 0.25) is 5.88 Å². The van der Waals surface area contributed by atoms with Crippen molar-refractivity contribution < 1.29 is 4.74 Å². The van der Waals surface area contributed by atoms with Crippen LogP contribution in [0.2, 0.25) is 5.02 Å². The number of fused-ring (bicyclic) bond motifs is 1. The molecule has 4 heteroatoms. The number of benzene rings is 2. The number of pyridine rings is 1. The highest BCUT2D eigenvalue weighted by atomic mass is 35.5. The van der Waals surface area contributed by atoms with Gasteiger partial charge in [-0.15, -0.1) is 11.6 Å². The van der Waals surface area contributed by atoms with Crippen LogP contribution in [-0.2, 0) is 5.88 Å². The van der Waals surface area contributed by atoms with Crippen molar-refractivity contribution in [2.24, 2.45) is 0 Å². The molecular weight excluding hydrogens is 293 g/mol. The number of para-hydroxylation sites is 1. The highest BCUT2D eigenvalue weighted by molar-refractivity contribution is 6.30. The number of alkyl halides is 1. The maximum atomic E-state index is 5.98. The van der Waals surface area contributed by atoms with E-state index in [0.29, 0.717) is 22.5 Å². The minimum Gasteiger partial charge on any atom is -0.439 e. The van der Waals surface area contributed by atoms with Gasteiger partial charge in [0.25, 0.3) is 0 Å². The lowest BCUT2D eigenvalue weighted by Gasteiger charge is -2.10. The Morgan fingerprint density at radius 1 is 1.00 bits per heavy atom. The van der Waals surface area contributed by atoms with Crippen molar-refractivity contribution >= 4 is 34.1 Å². The van der Waals surface area contributed by atoms with Crippen molar-refractivity contribution in [2.75, 3.05) is 0 Å². The molecule has 1 heterocycles. The van der Waals surface area contributed by atoms with Crippen LogP contribution in [0.4, 0.5) is 0 Å². The van der Waals surface area contributed by atoms with Crippen LogP contribution in [0.5, 0.6) is 11.6 Å². The third-order valence-corrected chi connectivity index (χ3v) is 3.44. The van der Waals surface area contributed by atoms with Gasteiger partial charge in [-0.1, -0.05) is 35.9 Å². The molecule has 0 aliphatic heterocycles. The third-order valence-electron chi connectivity index (χ3n) is 2.92. The molecule has 0 atom stereocenters. The Balaban J connectivity index is 2.05. The maximum Gasteiger partial charge on any atom is 0.224 e. The van der Waals surface area contributed by atoms with Gasteiger partial charge in [-0.25, -0.2) is 4.98 Å². The van der Waals surface area contributed by atoms with Crippen molar-refractivity contribution in [1.29, 1.82) is 0 Å². The van der Waals surface area contributed by atoms with E-state index < -0.39 is 0 Å². The van der Waals surface area contributed by atoms with Gasteiger partial charge in [-0.3, -0.25) is 0 Å². The van der Waals surface area contributed by atoms with Crippen LogP contribution >= 0.6 is 23.2 Å². The Labute approximate surface area is 126 Å². The van der Waals surface area contributed by atoms with Crippen LogP contribution in [0.25, 0.3) is 10.9 Å². The second kappa shape index (κ2) is 5.70. The van der Waals surface area contributed by atoms with Crippen LogP contribution in [0.3, 0.4) is 0 Å². The Morgan fingerprint density at radius 3 is 2.65 bits per heavy atom. The molecule has 0 bridgehead atoms. The summed E-state index contributed by atoms with van der Waals surface area (Å²) in [7, 11) is 0. The predicted octanol–water partition coefficient (Wildman–Crippen LogP) is 5.42. The first-order valence-electron chi connectivity index (χ1n) is 6.14. The zero-order valence-corrected chi connectivity index (χ0v) is 12.0. The number of hydrogen-bond acceptors (Lipinski definition) is 2. The molecule has 2 nitrogen and oxygen atoms in total. The summed E-state index contributed by atoms with van der Waals surface area (Å²) < 4.78 is 5.81. The van der Waals surface area contributed by atoms with Crippen LogP contribution in [0.1, 0.15) is 5.56 Å². The van der Waals surface area contributed by atoms with Gasteiger partial charge < -0.3 is 4.74 Å². The lowest BCUT2D eigenvalue weighted by Crippen LogP contribution is -1.94. The Morgan fingerprint density at radius 2 is 1.85 bits per heavy atom. The largest absolute Gasteiger partial charge is 0.439 e. The number of rotatable bonds is 3. The summed E-state index contributed by atoms with van der Waals surface area (Å²) in [4.78, 5) is 4.52. The highest BCUT2D eigenvalue weighted by Gasteiger charge is 2.08. The molecule has 0 fully saturated rings. The first-order chi connectivity index (χ1) is 9.76. The zero-order valence-electron chi connectivity index (χ0n) is 10.5. The van der Waals surface area contributed by atoms with Gasteiger partial charge in [0.05, 0.1) is 11.4 Å². The predicted molar refractivity (Wildman–Crippen MR) is 82.8 cm³/mol. The second-order valence-electron chi connectivity index (χ2n) is 4.34. The fraction of sp³-hybridized carbons (Fsp3) is 0.0625. The van der Waals surface area contributed by atoms with E-state index in [1.54, 1.807) is 12.1 Å². The van der Waals surface area contributed by atoms with E-state index in [0.717, 1.165) is 16.5 Å². The number of halogens is 2.